The number of rotatable bonds is 7. The van der Waals surface area contributed by atoms with Gasteiger partial charge in [-0.15, -0.1) is 0 Å². The van der Waals surface area contributed by atoms with Crippen molar-refractivity contribution in [2.45, 2.75) is 12.3 Å². The third kappa shape index (κ3) is 4.22. The molecule has 0 saturated heterocycles. The normalized spacial score (nSPS) is 11.7. The lowest BCUT2D eigenvalue weighted by Crippen LogP contribution is -2.15. The summed E-state index contributed by atoms with van der Waals surface area (Å²) in [4.78, 5) is 11.4. The maximum Gasteiger partial charge on any atom is 0.311 e. The van der Waals surface area contributed by atoms with E-state index >= 15 is 0 Å². The summed E-state index contributed by atoms with van der Waals surface area (Å²) in [6, 6.07) is 12.7. The summed E-state index contributed by atoms with van der Waals surface area (Å²) < 4.78 is 23.9. The van der Waals surface area contributed by atoms with E-state index in [-0.39, 0.29) is 13.0 Å². The zero-order valence-corrected chi connectivity index (χ0v) is 12.2. The Bertz CT molecular complexity index is 642. The van der Waals surface area contributed by atoms with Gasteiger partial charge in [-0.25, -0.2) is 4.39 Å². The van der Waals surface area contributed by atoms with Crippen molar-refractivity contribution in [1.82, 2.24) is 0 Å². The van der Waals surface area contributed by atoms with Crippen molar-refractivity contribution in [3.8, 4) is 11.5 Å². The predicted octanol–water partition coefficient (Wildman–Crippen LogP) is 3.47. The van der Waals surface area contributed by atoms with Crippen LogP contribution in [0.5, 0.6) is 11.5 Å². The van der Waals surface area contributed by atoms with Gasteiger partial charge in [-0.1, -0.05) is 18.2 Å². The minimum absolute atomic E-state index is 0.209. The number of ether oxygens (including phenoxy) is 2. The molecule has 0 fully saturated rings. The molecule has 5 heteroatoms. The smallest absolute Gasteiger partial charge is 0.311 e. The Labute approximate surface area is 128 Å². The summed E-state index contributed by atoms with van der Waals surface area (Å²) in [5.74, 6) is -0.987. The van der Waals surface area contributed by atoms with Crippen LogP contribution < -0.4 is 9.47 Å². The van der Waals surface area contributed by atoms with Crippen molar-refractivity contribution in [3.05, 3.63) is 59.9 Å². The van der Waals surface area contributed by atoms with Crippen molar-refractivity contribution < 1.29 is 23.8 Å². The van der Waals surface area contributed by atoms with E-state index in [1.807, 2.05) is 0 Å². The summed E-state index contributed by atoms with van der Waals surface area (Å²) in [6.07, 6.45) is 0.246. The monoisotopic (exact) mass is 304 g/mol. The van der Waals surface area contributed by atoms with Crippen LogP contribution in [0.15, 0.2) is 48.5 Å². The van der Waals surface area contributed by atoms with Crippen LogP contribution in [0, 0.1) is 5.82 Å². The van der Waals surface area contributed by atoms with Crippen LogP contribution in [0.1, 0.15) is 17.9 Å². The van der Waals surface area contributed by atoms with Gasteiger partial charge in [0, 0.05) is 6.07 Å². The van der Waals surface area contributed by atoms with E-state index in [4.69, 9.17) is 9.47 Å². The van der Waals surface area contributed by atoms with Gasteiger partial charge in [0.2, 0.25) is 0 Å². The standard InChI is InChI=1S/C17H17FO4/c1-21-14-6-3-7-15(11-14)22-9-8-16(17(19)20)12-4-2-5-13(18)10-12/h2-7,10-11,16H,8-9H2,1H3,(H,19,20). The molecule has 1 N–H and O–H groups in total. The Balaban J connectivity index is 1.99. The first-order valence-electron chi connectivity index (χ1n) is 6.85. The summed E-state index contributed by atoms with van der Waals surface area (Å²) >= 11 is 0. The van der Waals surface area contributed by atoms with Crippen LogP contribution in [0.25, 0.3) is 0 Å². The molecule has 0 aliphatic heterocycles. The third-order valence-electron chi connectivity index (χ3n) is 3.27. The average Bonchev–Trinajstić information content (AvgIpc) is 2.51. The van der Waals surface area contributed by atoms with E-state index in [0.717, 1.165) is 0 Å². The number of carboxylic acids is 1. The zero-order chi connectivity index (χ0) is 15.9. The predicted molar refractivity (Wildman–Crippen MR) is 79.9 cm³/mol. The Kier molecular flexibility index (Phi) is 5.36. The third-order valence-corrected chi connectivity index (χ3v) is 3.27. The van der Waals surface area contributed by atoms with E-state index < -0.39 is 17.7 Å². The van der Waals surface area contributed by atoms with E-state index in [9.17, 15) is 14.3 Å². The van der Waals surface area contributed by atoms with Crippen LogP contribution in [0.2, 0.25) is 0 Å². The molecular weight excluding hydrogens is 287 g/mol. The highest BCUT2D eigenvalue weighted by Gasteiger charge is 2.20. The zero-order valence-electron chi connectivity index (χ0n) is 12.2. The highest BCUT2D eigenvalue weighted by atomic mass is 19.1. The van der Waals surface area contributed by atoms with Crippen molar-refractivity contribution in [1.29, 1.82) is 0 Å². The number of carbonyl (C=O) groups is 1. The number of halogens is 1. The second-order valence-corrected chi connectivity index (χ2v) is 4.76. The molecule has 0 bridgehead atoms. The summed E-state index contributed by atoms with van der Waals surface area (Å²) in [5, 5.41) is 9.30. The fourth-order valence-electron chi connectivity index (χ4n) is 2.14. The second kappa shape index (κ2) is 7.45. The summed E-state index contributed by atoms with van der Waals surface area (Å²) in [5.41, 5.74) is 0.432. The van der Waals surface area contributed by atoms with Gasteiger partial charge < -0.3 is 14.6 Å². The molecule has 22 heavy (non-hydrogen) atoms. The molecule has 4 nitrogen and oxygen atoms in total. The van der Waals surface area contributed by atoms with Gasteiger partial charge in [-0.2, -0.15) is 0 Å². The van der Waals surface area contributed by atoms with Crippen LogP contribution in [0.3, 0.4) is 0 Å². The van der Waals surface area contributed by atoms with Gasteiger partial charge in [-0.3, -0.25) is 4.79 Å². The SMILES string of the molecule is COc1cccc(OCCC(C(=O)O)c2cccc(F)c2)c1. The molecule has 0 aliphatic rings. The van der Waals surface area contributed by atoms with Crippen molar-refractivity contribution >= 4 is 5.97 Å². The lowest BCUT2D eigenvalue weighted by atomic mass is 9.96. The minimum Gasteiger partial charge on any atom is -0.497 e. The maximum absolute atomic E-state index is 13.2. The molecule has 1 atom stereocenters. The van der Waals surface area contributed by atoms with E-state index in [1.165, 1.54) is 18.2 Å². The highest BCUT2D eigenvalue weighted by molar-refractivity contribution is 5.76. The van der Waals surface area contributed by atoms with E-state index in [2.05, 4.69) is 0 Å². The van der Waals surface area contributed by atoms with Crippen LogP contribution >= 0.6 is 0 Å². The summed E-state index contributed by atoms with van der Waals surface area (Å²) in [6.45, 7) is 0.209. The number of aliphatic carboxylic acids is 1. The highest BCUT2D eigenvalue weighted by Crippen LogP contribution is 2.23. The quantitative estimate of drug-likeness (QED) is 0.851. The molecular formula is C17H17FO4. The van der Waals surface area contributed by atoms with E-state index in [1.54, 1.807) is 37.4 Å². The van der Waals surface area contributed by atoms with Gasteiger partial charge in [0.15, 0.2) is 0 Å². The molecule has 2 aromatic carbocycles. The topological polar surface area (TPSA) is 55.8 Å². The molecule has 116 valence electrons. The molecule has 2 rings (SSSR count). The van der Waals surface area contributed by atoms with Gasteiger partial charge >= 0.3 is 5.97 Å². The molecule has 0 heterocycles. The van der Waals surface area contributed by atoms with Gasteiger partial charge in [0.1, 0.15) is 17.3 Å². The van der Waals surface area contributed by atoms with Crippen LogP contribution in [-0.2, 0) is 4.79 Å². The second-order valence-electron chi connectivity index (χ2n) is 4.76. The minimum atomic E-state index is -1.00. The fourth-order valence-corrected chi connectivity index (χ4v) is 2.14. The lowest BCUT2D eigenvalue weighted by Gasteiger charge is -2.14. The van der Waals surface area contributed by atoms with Gasteiger partial charge in [0.05, 0.1) is 19.6 Å². The lowest BCUT2D eigenvalue weighted by molar-refractivity contribution is -0.139. The van der Waals surface area contributed by atoms with Gasteiger partial charge in [-0.05, 0) is 36.2 Å². The maximum atomic E-state index is 13.2. The fraction of sp³-hybridized carbons (Fsp3) is 0.235. The largest absolute Gasteiger partial charge is 0.497 e. The molecule has 2 aromatic rings. The van der Waals surface area contributed by atoms with Crippen molar-refractivity contribution in [2.24, 2.45) is 0 Å². The molecule has 1 unspecified atom stereocenters. The number of carboxylic acid groups (broad SMARTS) is 1. The molecule has 0 saturated carbocycles. The molecule has 0 aliphatic carbocycles. The molecule has 0 radical (unpaired) electrons. The number of methoxy groups -OCH3 is 1. The Morgan fingerprint density at radius 1 is 1.18 bits per heavy atom. The van der Waals surface area contributed by atoms with Gasteiger partial charge in [0.25, 0.3) is 0 Å². The van der Waals surface area contributed by atoms with Crippen LogP contribution in [0.4, 0.5) is 4.39 Å². The molecule has 0 spiro atoms. The first-order valence-corrected chi connectivity index (χ1v) is 6.85. The first kappa shape index (κ1) is 15.8. The molecule has 0 amide bonds. The Morgan fingerprint density at radius 2 is 1.91 bits per heavy atom. The number of hydrogen-bond donors (Lipinski definition) is 1. The Morgan fingerprint density at radius 3 is 2.59 bits per heavy atom. The average molecular weight is 304 g/mol. The Hall–Kier alpha value is -2.56. The molecule has 0 aromatic heterocycles. The number of benzene rings is 2. The van der Waals surface area contributed by atoms with Crippen molar-refractivity contribution in [2.75, 3.05) is 13.7 Å². The first-order chi connectivity index (χ1) is 10.6. The van der Waals surface area contributed by atoms with Crippen molar-refractivity contribution in [3.63, 3.8) is 0 Å². The number of hydrogen-bond acceptors (Lipinski definition) is 3. The van der Waals surface area contributed by atoms with E-state index in [0.29, 0.717) is 17.1 Å². The summed E-state index contributed by atoms with van der Waals surface area (Å²) in [7, 11) is 1.56. The van der Waals surface area contributed by atoms with Crippen LogP contribution in [-0.4, -0.2) is 24.8 Å².